The number of carboxylic acids is 1. The van der Waals surface area contributed by atoms with E-state index in [2.05, 4.69) is 4.98 Å². The molecule has 0 bridgehead atoms. The van der Waals surface area contributed by atoms with Gasteiger partial charge in [0.05, 0.1) is 5.02 Å². The largest absolute Gasteiger partial charge is 0.477 e. The summed E-state index contributed by atoms with van der Waals surface area (Å²) in [6.07, 6.45) is 0. The summed E-state index contributed by atoms with van der Waals surface area (Å²) in [5.41, 5.74) is 0. The SMILES string of the molecule is O=C(O)c1sc(Oc2ccc(Cl)cc2Cl)nc1Cl. The summed E-state index contributed by atoms with van der Waals surface area (Å²) in [5.74, 6) is -0.835. The average Bonchev–Trinajstić information content (AvgIpc) is 2.64. The Kier molecular flexibility index (Phi) is 3.97. The van der Waals surface area contributed by atoms with E-state index < -0.39 is 5.97 Å². The fraction of sp³-hybridized carbons (Fsp3) is 0. The van der Waals surface area contributed by atoms with Crippen LogP contribution in [0.3, 0.4) is 0 Å². The molecule has 0 atom stereocenters. The normalized spacial score (nSPS) is 10.4. The van der Waals surface area contributed by atoms with Crippen LogP contribution in [-0.2, 0) is 0 Å². The van der Waals surface area contributed by atoms with Crippen LogP contribution in [-0.4, -0.2) is 16.1 Å². The second-order valence-corrected chi connectivity index (χ2v) is 5.24. The van der Waals surface area contributed by atoms with Crippen molar-refractivity contribution in [3.05, 3.63) is 38.3 Å². The Balaban J connectivity index is 2.29. The van der Waals surface area contributed by atoms with Crippen LogP contribution >= 0.6 is 46.1 Å². The van der Waals surface area contributed by atoms with E-state index in [0.29, 0.717) is 15.8 Å². The first kappa shape index (κ1) is 13.4. The van der Waals surface area contributed by atoms with Gasteiger partial charge in [-0.05, 0) is 18.2 Å². The number of nitrogens with zero attached hydrogens (tertiary/aromatic N) is 1. The minimum Gasteiger partial charge on any atom is -0.477 e. The highest BCUT2D eigenvalue weighted by Crippen LogP contribution is 2.35. The third-order valence-corrected chi connectivity index (χ3v) is 3.69. The smallest absolute Gasteiger partial charge is 0.349 e. The Labute approximate surface area is 121 Å². The van der Waals surface area contributed by atoms with E-state index in [9.17, 15) is 4.79 Å². The number of hydrogen-bond acceptors (Lipinski definition) is 4. The summed E-state index contributed by atoms with van der Waals surface area (Å²) >= 11 is 18.1. The van der Waals surface area contributed by atoms with Crippen molar-refractivity contribution in [2.75, 3.05) is 0 Å². The van der Waals surface area contributed by atoms with E-state index in [1.807, 2.05) is 0 Å². The monoisotopic (exact) mass is 323 g/mol. The first-order valence-corrected chi connectivity index (χ1v) is 6.45. The van der Waals surface area contributed by atoms with Crippen molar-refractivity contribution in [1.82, 2.24) is 4.98 Å². The molecule has 2 aromatic rings. The molecule has 1 heterocycles. The molecule has 0 saturated heterocycles. The number of thiazole rings is 1. The minimum atomic E-state index is -1.16. The molecule has 4 nitrogen and oxygen atoms in total. The maximum Gasteiger partial charge on any atom is 0.349 e. The van der Waals surface area contributed by atoms with Gasteiger partial charge in [0.15, 0.2) is 10.0 Å². The van der Waals surface area contributed by atoms with E-state index in [1.165, 1.54) is 6.07 Å². The average molecular weight is 325 g/mol. The first-order valence-electron chi connectivity index (χ1n) is 4.50. The van der Waals surface area contributed by atoms with Crippen LogP contribution in [0.15, 0.2) is 18.2 Å². The number of halogens is 3. The van der Waals surface area contributed by atoms with E-state index in [4.69, 9.17) is 44.6 Å². The fourth-order valence-corrected chi connectivity index (χ4v) is 2.54. The Morgan fingerprint density at radius 3 is 2.61 bits per heavy atom. The van der Waals surface area contributed by atoms with Gasteiger partial charge in [0.1, 0.15) is 5.75 Å². The molecule has 0 saturated carbocycles. The lowest BCUT2D eigenvalue weighted by Crippen LogP contribution is -1.91. The van der Waals surface area contributed by atoms with E-state index >= 15 is 0 Å². The molecule has 0 radical (unpaired) electrons. The Morgan fingerprint density at radius 2 is 2.06 bits per heavy atom. The van der Waals surface area contributed by atoms with Gasteiger partial charge in [-0.15, -0.1) is 0 Å². The van der Waals surface area contributed by atoms with Gasteiger partial charge in [0.2, 0.25) is 0 Å². The van der Waals surface area contributed by atoms with Crippen molar-refractivity contribution >= 4 is 52.1 Å². The summed E-state index contributed by atoms with van der Waals surface area (Å²) in [6, 6.07) is 4.66. The van der Waals surface area contributed by atoms with Gasteiger partial charge in [0, 0.05) is 5.02 Å². The maximum absolute atomic E-state index is 10.8. The molecule has 0 aliphatic carbocycles. The lowest BCUT2D eigenvalue weighted by molar-refractivity contribution is 0.0702. The van der Waals surface area contributed by atoms with Crippen LogP contribution in [0, 0.1) is 0 Å². The maximum atomic E-state index is 10.8. The van der Waals surface area contributed by atoms with Gasteiger partial charge in [-0.1, -0.05) is 46.1 Å². The van der Waals surface area contributed by atoms with Crippen molar-refractivity contribution in [1.29, 1.82) is 0 Å². The Morgan fingerprint density at radius 1 is 1.33 bits per heavy atom. The van der Waals surface area contributed by atoms with Crippen molar-refractivity contribution in [2.24, 2.45) is 0 Å². The second kappa shape index (κ2) is 5.32. The predicted molar refractivity (Wildman–Crippen MR) is 70.6 cm³/mol. The van der Waals surface area contributed by atoms with Gasteiger partial charge in [-0.2, -0.15) is 4.98 Å². The molecule has 2 rings (SSSR count). The summed E-state index contributed by atoms with van der Waals surface area (Å²) < 4.78 is 5.34. The zero-order chi connectivity index (χ0) is 13.3. The van der Waals surface area contributed by atoms with Crippen molar-refractivity contribution in [2.45, 2.75) is 0 Å². The molecule has 0 spiro atoms. The fourth-order valence-electron chi connectivity index (χ4n) is 1.11. The summed E-state index contributed by atoms with van der Waals surface area (Å²) in [4.78, 5) is 14.5. The third kappa shape index (κ3) is 2.87. The molecule has 0 aliphatic heterocycles. The molecule has 0 unspecified atom stereocenters. The molecule has 18 heavy (non-hydrogen) atoms. The number of benzene rings is 1. The topological polar surface area (TPSA) is 59.4 Å². The van der Waals surface area contributed by atoms with Crippen molar-refractivity contribution in [3.63, 3.8) is 0 Å². The Hall–Kier alpha value is -1.01. The molecule has 0 fully saturated rings. The quantitative estimate of drug-likeness (QED) is 0.896. The molecule has 8 heteroatoms. The number of aromatic carboxylic acids is 1. The van der Waals surface area contributed by atoms with Gasteiger partial charge in [-0.3, -0.25) is 0 Å². The zero-order valence-corrected chi connectivity index (χ0v) is 11.6. The number of rotatable bonds is 3. The summed E-state index contributed by atoms with van der Waals surface area (Å²) in [5, 5.41) is 9.57. The molecule has 1 aromatic carbocycles. The zero-order valence-electron chi connectivity index (χ0n) is 8.49. The van der Waals surface area contributed by atoms with Gasteiger partial charge in [0.25, 0.3) is 5.19 Å². The molecule has 1 N–H and O–H groups in total. The van der Waals surface area contributed by atoms with Crippen LogP contribution in [0.4, 0.5) is 0 Å². The molecule has 1 aromatic heterocycles. The van der Waals surface area contributed by atoms with Crippen molar-refractivity contribution in [3.8, 4) is 10.9 Å². The number of carboxylic acid groups (broad SMARTS) is 1. The molecular weight excluding hydrogens is 321 g/mol. The van der Waals surface area contributed by atoms with Crippen LogP contribution in [0.2, 0.25) is 15.2 Å². The highest BCUT2D eigenvalue weighted by molar-refractivity contribution is 7.15. The number of hydrogen-bond donors (Lipinski definition) is 1. The van der Waals surface area contributed by atoms with Crippen LogP contribution in [0.5, 0.6) is 10.9 Å². The van der Waals surface area contributed by atoms with Gasteiger partial charge in [-0.25, -0.2) is 4.79 Å². The van der Waals surface area contributed by atoms with Gasteiger partial charge < -0.3 is 9.84 Å². The summed E-state index contributed by atoms with van der Waals surface area (Å²) in [6.45, 7) is 0. The highest BCUT2D eigenvalue weighted by Gasteiger charge is 2.17. The highest BCUT2D eigenvalue weighted by atomic mass is 35.5. The minimum absolute atomic E-state index is 0.0863. The molecule has 0 aliphatic rings. The first-order chi connectivity index (χ1) is 8.47. The van der Waals surface area contributed by atoms with Crippen LogP contribution < -0.4 is 4.74 Å². The number of carbonyl (C=O) groups is 1. The molecule has 0 amide bonds. The summed E-state index contributed by atoms with van der Waals surface area (Å²) in [7, 11) is 0. The van der Waals surface area contributed by atoms with Gasteiger partial charge >= 0.3 is 5.97 Å². The van der Waals surface area contributed by atoms with E-state index in [-0.39, 0.29) is 15.2 Å². The lowest BCUT2D eigenvalue weighted by Gasteiger charge is -2.03. The van der Waals surface area contributed by atoms with Crippen molar-refractivity contribution < 1.29 is 14.6 Å². The van der Waals surface area contributed by atoms with E-state index in [1.54, 1.807) is 12.1 Å². The van der Waals surface area contributed by atoms with Crippen LogP contribution in [0.1, 0.15) is 9.67 Å². The second-order valence-electron chi connectivity index (χ2n) is 3.08. The molecular formula is C10H4Cl3NO3S. The number of ether oxygens (including phenoxy) is 1. The number of aromatic nitrogens is 1. The third-order valence-electron chi connectivity index (χ3n) is 1.85. The predicted octanol–water partition coefficient (Wildman–Crippen LogP) is 4.59. The lowest BCUT2D eigenvalue weighted by atomic mass is 10.3. The van der Waals surface area contributed by atoms with E-state index in [0.717, 1.165) is 11.3 Å². The standard InChI is InChI=1S/C10H4Cl3NO3S/c11-4-1-2-6(5(12)3-4)17-10-14-8(13)7(18-10)9(15)16/h1-3H,(H,15,16). The Bertz CT molecular complexity index is 614. The molecule has 94 valence electrons. The van der Waals surface area contributed by atoms with Crippen LogP contribution in [0.25, 0.3) is 0 Å².